The summed E-state index contributed by atoms with van der Waals surface area (Å²) in [5, 5.41) is 23.2. The average molecular weight is 642 g/mol. The Bertz CT molecular complexity index is 1980. The lowest BCUT2D eigenvalue weighted by Crippen LogP contribution is -2.21. The van der Waals surface area contributed by atoms with Crippen molar-refractivity contribution in [3.05, 3.63) is 68.8 Å². The molecule has 0 fully saturated rings. The van der Waals surface area contributed by atoms with Crippen LogP contribution in [0.4, 0.5) is 0 Å². The predicted octanol–water partition coefficient (Wildman–Crippen LogP) is 5.69. The van der Waals surface area contributed by atoms with Crippen LogP contribution in [0.15, 0.2) is 18.2 Å². The Labute approximate surface area is 273 Å². The highest BCUT2D eigenvalue weighted by molar-refractivity contribution is 6.27. The Morgan fingerprint density at radius 1 is 1.00 bits per heavy atom. The first-order chi connectivity index (χ1) is 22.3. The van der Waals surface area contributed by atoms with Crippen molar-refractivity contribution < 1.29 is 29.3 Å². The number of rotatable bonds is 8. The molecule has 3 unspecified atom stereocenters. The number of aromatic amines is 2. The fourth-order valence-electron chi connectivity index (χ4n) is 7.01. The fourth-order valence-corrected chi connectivity index (χ4v) is 7.01. The van der Waals surface area contributed by atoms with Gasteiger partial charge in [0.05, 0.1) is 42.3 Å². The molecule has 3 atom stereocenters. The van der Waals surface area contributed by atoms with Gasteiger partial charge in [-0.1, -0.05) is 13.8 Å². The van der Waals surface area contributed by atoms with E-state index in [1.165, 1.54) is 7.11 Å². The lowest BCUT2D eigenvalue weighted by molar-refractivity contribution is -0.140. The zero-order valence-corrected chi connectivity index (χ0v) is 28.2. The number of ether oxygens (including phenoxy) is 1. The number of aliphatic carboxylic acids is 1. The summed E-state index contributed by atoms with van der Waals surface area (Å²) in [6, 6.07) is 5.86. The number of carbonyl (C=O) groups excluding carboxylic acids is 2. The Morgan fingerprint density at radius 2 is 1.68 bits per heavy atom. The van der Waals surface area contributed by atoms with Gasteiger partial charge in [0, 0.05) is 64.2 Å². The van der Waals surface area contributed by atoms with Crippen LogP contribution in [0.3, 0.4) is 0 Å². The van der Waals surface area contributed by atoms with Gasteiger partial charge in [0.25, 0.3) is 5.91 Å². The Kier molecular flexibility index (Phi) is 9.40. The summed E-state index contributed by atoms with van der Waals surface area (Å²) >= 11 is 0. The molecule has 1 amide bonds. The summed E-state index contributed by atoms with van der Waals surface area (Å²) in [6.45, 7) is 11.6. The van der Waals surface area contributed by atoms with Gasteiger partial charge in [0.2, 0.25) is 0 Å². The number of methoxy groups -OCH3 is 1. The first-order valence-electron chi connectivity index (χ1n) is 16.0. The zero-order valence-electron chi connectivity index (χ0n) is 28.2. The normalized spacial score (nSPS) is 16.7. The minimum atomic E-state index is -0.943. The van der Waals surface area contributed by atoms with Gasteiger partial charge in [-0.2, -0.15) is 0 Å². The number of amides is 1. The van der Waals surface area contributed by atoms with E-state index in [-0.39, 0.29) is 37.0 Å². The van der Waals surface area contributed by atoms with Crippen LogP contribution in [0.1, 0.15) is 109 Å². The number of aryl methyl sites for hydroxylation is 3. The third-order valence-corrected chi connectivity index (χ3v) is 9.62. The molecule has 5 rings (SSSR count). The van der Waals surface area contributed by atoms with Crippen molar-refractivity contribution in [3.8, 4) is 0 Å². The summed E-state index contributed by atoms with van der Waals surface area (Å²) in [5.74, 6) is -2.45. The van der Waals surface area contributed by atoms with Gasteiger partial charge in [0.1, 0.15) is 0 Å². The number of esters is 1. The van der Waals surface area contributed by atoms with Crippen molar-refractivity contribution in [3.63, 3.8) is 0 Å². The Balaban J connectivity index is 2.05. The fraction of sp³-hybridized carbons (Fsp3) is 0.417. The molecule has 8 bridgehead atoms. The van der Waals surface area contributed by atoms with E-state index >= 15 is 0 Å². The van der Waals surface area contributed by atoms with Crippen molar-refractivity contribution in [2.24, 2.45) is 0 Å². The Hall–Kier alpha value is -4.77. The topological polar surface area (TPSA) is 170 Å². The third kappa shape index (κ3) is 6.07. The maximum atomic E-state index is 13.5. The molecule has 0 saturated heterocycles. The molecule has 2 aliphatic rings. The second-order valence-electron chi connectivity index (χ2n) is 12.4. The molecule has 0 aromatic carbocycles. The van der Waals surface area contributed by atoms with E-state index in [2.05, 4.69) is 29.1 Å². The number of carbonyl (C=O) groups is 3. The number of nitrogens with zero attached hydrogens (tertiary/aromatic N) is 2. The number of carboxylic acids is 1. The van der Waals surface area contributed by atoms with Crippen LogP contribution in [-0.4, -0.2) is 62.2 Å². The van der Waals surface area contributed by atoms with E-state index in [1.54, 1.807) is 14.0 Å². The minimum Gasteiger partial charge on any atom is -0.481 e. The van der Waals surface area contributed by atoms with Gasteiger partial charge in [-0.3, -0.25) is 19.4 Å². The van der Waals surface area contributed by atoms with Gasteiger partial charge >= 0.3 is 11.9 Å². The summed E-state index contributed by atoms with van der Waals surface area (Å²) in [6.07, 6.45) is -0.0718. The summed E-state index contributed by atoms with van der Waals surface area (Å²) in [7, 11) is 2.84. The third-order valence-electron chi connectivity index (χ3n) is 9.62. The molecule has 0 aliphatic carbocycles. The quantitative estimate of drug-likeness (QED) is 0.195. The first-order valence-corrected chi connectivity index (χ1v) is 16.0. The number of H-pyrrole nitrogens is 2. The van der Waals surface area contributed by atoms with E-state index in [0.29, 0.717) is 39.5 Å². The molecular formula is C36H43N5O6. The van der Waals surface area contributed by atoms with Crippen molar-refractivity contribution in [1.29, 1.82) is 0 Å². The second kappa shape index (κ2) is 13.2. The van der Waals surface area contributed by atoms with Crippen LogP contribution >= 0.6 is 0 Å². The largest absolute Gasteiger partial charge is 0.481 e. The molecule has 2 aliphatic heterocycles. The molecule has 0 spiro atoms. The molecule has 47 heavy (non-hydrogen) atoms. The molecule has 5 heterocycles. The van der Waals surface area contributed by atoms with Crippen molar-refractivity contribution in [1.82, 2.24) is 25.3 Å². The van der Waals surface area contributed by atoms with E-state index < -0.39 is 18.0 Å². The number of aromatic nitrogens is 4. The highest BCUT2D eigenvalue weighted by Crippen LogP contribution is 2.44. The minimum absolute atomic E-state index is 0.109. The van der Waals surface area contributed by atoms with Crippen LogP contribution in [0.25, 0.3) is 33.2 Å². The molecule has 248 valence electrons. The van der Waals surface area contributed by atoms with Crippen LogP contribution in [0.2, 0.25) is 0 Å². The lowest BCUT2D eigenvalue weighted by Gasteiger charge is -2.18. The van der Waals surface area contributed by atoms with E-state index in [1.807, 2.05) is 39.0 Å². The van der Waals surface area contributed by atoms with E-state index in [4.69, 9.17) is 14.7 Å². The average Bonchev–Trinajstić information content (AvgIpc) is 3.71. The number of allylic oxidation sites excluding steroid dienone is 1. The second-order valence-corrected chi connectivity index (χ2v) is 12.4. The molecule has 0 radical (unpaired) electrons. The van der Waals surface area contributed by atoms with E-state index in [0.717, 1.165) is 50.7 Å². The van der Waals surface area contributed by atoms with Gasteiger partial charge in [-0.25, -0.2) is 4.98 Å². The highest BCUT2D eigenvalue weighted by Gasteiger charge is 2.35. The Morgan fingerprint density at radius 3 is 2.30 bits per heavy atom. The summed E-state index contributed by atoms with van der Waals surface area (Å²) in [5.41, 5.74) is 10.5. The smallest absolute Gasteiger partial charge is 0.310 e. The van der Waals surface area contributed by atoms with Crippen LogP contribution < -0.4 is 5.32 Å². The van der Waals surface area contributed by atoms with Crippen LogP contribution in [0.5, 0.6) is 0 Å². The first kappa shape index (κ1) is 33.6. The maximum Gasteiger partial charge on any atom is 0.310 e. The number of likely N-dealkylation sites (N-methyl/N-ethyl adjacent to an activating group) is 1. The molecule has 11 nitrogen and oxygen atoms in total. The molecule has 3 aromatic rings. The molecule has 5 N–H and O–H groups in total. The molecule has 3 aromatic heterocycles. The SMILES string of the molecule is CCc1c(C)c2cc3[nH]c(cc4nc(c(CC(=O)OC)c5nc(cc1[nH]2)C(C)=C5C(=O)NC)C(CCC(=O)O)C4C)c(C)c3C(C)O. The number of hydrogen-bond donors (Lipinski definition) is 5. The maximum absolute atomic E-state index is 13.5. The highest BCUT2D eigenvalue weighted by atomic mass is 16.5. The van der Waals surface area contributed by atoms with Gasteiger partial charge in [-0.05, 0) is 81.0 Å². The van der Waals surface area contributed by atoms with Crippen LogP contribution in [-0.2, 0) is 32.0 Å². The zero-order chi connectivity index (χ0) is 34.3. The molecule has 11 heteroatoms. The van der Waals surface area contributed by atoms with Crippen LogP contribution in [0, 0.1) is 13.8 Å². The number of carboxylic acid groups (broad SMARTS) is 1. The summed E-state index contributed by atoms with van der Waals surface area (Å²) in [4.78, 5) is 55.4. The van der Waals surface area contributed by atoms with Gasteiger partial charge in [-0.15, -0.1) is 0 Å². The number of aliphatic hydroxyl groups is 1. The van der Waals surface area contributed by atoms with Crippen molar-refractivity contribution in [2.45, 2.75) is 85.2 Å². The summed E-state index contributed by atoms with van der Waals surface area (Å²) < 4.78 is 5.10. The number of aliphatic hydroxyl groups excluding tert-OH is 1. The number of nitrogens with one attached hydrogen (secondary N) is 3. The number of hydrogen-bond acceptors (Lipinski definition) is 7. The van der Waals surface area contributed by atoms with Crippen molar-refractivity contribution in [2.75, 3.05) is 14.2 Å². The number of fused-ring (bicyclic) bond motifs is 8. The van der Waals surface area contributed by atoms with Gasteiger partial charge in [0.15, 0.2) is 0 Å². The van der Waals surface area contributed by atoms with E-state index in [9.17, 15) is 24.6 Å². The predicted molar refractivity (Wildman–Crippen MR) is 181 cm³/mol. The molecule has 0 saturated carbocycles. The van der Waals surface area contributed by atoms with Gasteiger partial charge < -0.3 is 30.2 Å². The van der Waals surface area contributed by atoms with Crippen molar-refractivity contribution >= 4 is 51.1 Å². The molecular weight excluding hydrogens is 598 g/mol. The standard InChI is InChI=1S/C36H43N5O6/c1-9-21-16(2)24-15-29-32(20(6)42)18(4)26(39-29)13-25-17(3)22(10-11-30(43)44)34(40-25)23(12-31(45)47-8)35-33(36(46)37-7)19(5)27(41-35)14-28(21)38-24/h13-15,17,20,22,38-39,42H,9-12H2,1-8H3,(H,37,46)(H,43,44). The monoisotopic (exact) mass is 641 g/mol. The lowest BCUT2D eigenvalue weighted by atomic mass is 9.84.